The van der Waals surface area contributed by atoms with Crippen LogP contribution in [-0.2, 0) is 0 Å². The molecule has 1 aromatic carbocycles. The SMILES string of the molecule is Cc1csc(C(C)NC(=O)c2ccc(NN)c(C)c2)n1. The number of anilines is 1. The number of hydrogen-bond acceptors (Lipinski definition) is 5. The van der Waals surface area contributed by atoms with Gasteiger partial charge < -0.3 is 10.7 Å². The Bertz CT molecular complexity index is 623. The van der Waals surface area contributed by atoms with Crippen LogP contribution in [0, 0.1) is 13.8 Å². The molecule has 0 radical (unpaired) electrons. The summed E-state index contributed by atoms with van der Waals surface area (Å²) in [6.45, 7) is 5.77. The summed E-state index contributed by atoms with van der Waals surface area (Å²) in [4.78, 5) is 16.6. The van der Waals surface area contributed by atoms with Gasteiger partial charge >= 0.3 is 0 Å². The van der Waals surface area contributed by atoms with Crippen LogP contribution >= 0.6 is 11.3 Å². The van der Waals surface area contributed by atoms with Crippen molar-refractivity contribution in [1.82, 2.24) is 10.3 Å². The molecule has 0 spiro atoms. The second kappa shape index (κ2) is 6.02. The van der Waals surface area contributed by atoms with E-state index < -0.39 is 0 Å². The summed E-state index contributed by atoms with van der Waals surface area (Å²) in [5, 5.41) is 5.83. The highest BCUT2D eigenvalue weighted by Crippen LogP contribution is 2.19. The monoisotopic (exact) mass is 290 g/mol. The van der Waals surface area contributed by atoms with Crippen molar-refractivity contribution in [3.63, 3.8) is 0 Å². The van der Waals surface area contributed by atoms with Crippen molar-refractivity contribution in [3.8, 4) is 0 Å². The van der Waals surface area contributed by atoms with Gasteiger partial charge in [0.1, 0.15) is 5.01 Å². The van der Waals surface area contributed by atoms with Crippen molar-refractivity contribution in [2.24, 2.45) is 5.84 Å². The number of nitrogens with one attached hydrogen (secondary N) is 2. The van der Waals surface area contributed by atoms with E-state index >= 15 is 0 Å². The highest BCUT2D eigenvalue weighted by molar-refractivity contribution is 7.09. The van der Waals surface area contributed by atoms with E-state index in [0.717, 1.165) is 22.0 Å². The molecule has 0 aliphatic heterocycles. The van der Waals surface area contributed by atoms with Crippen molar-refractivity contribution in [1.29, 1.82) is 0 Å². The van der Waals surface area contributed by atoms with Crippen molar-refractivity contribution in [3.05, 3.63) is 45.4 Å². The number of thiazole rings is 1. The number of nitrogen functional groups attached to an aromatic ring is 1. The van der Waals surface area contributed by atoms with Crippen LogP contribution in [0.1, 0.15) is 39.6 Å². The maximum atomic E-state index is 12.2. The van der Waals surface area contributed by atoms with Crippen LogP contribution in [0.15, 0.2) is 23.6 Å². The van der Waals surface area contributed by atoms with Gasteiger partial charge in [-0.05, 0) is 44.5 Å². The molecule has 0 saturated heterocycles. The summed E-state index contributed by atoms with van der Waals surface area (Å²) in [7, 11) is 0. The number of rotatable bonds is 4. The standard InChI is InChI=1S/C14H18N4OS/c1-8-6-11(4-5-12(8)18-15)13(19)17-10(3)14-16-9(2)7-20-14/h4-7,10,18H,15H2,1-3H3,(H,17,19). The molecule has 20 heavy (non-hydrogen) atoms. The van der Waals surface area contributed by atoms with E-state index in [4.69, 9.17) is 5.84 Å². The molecule has 1 amide bonds. The molecule has 106 valence electrons. The van der Waals surface area contributed by atoms with Crippen molar-refractivity contribution in [2.45, 2.75) is 26.8 Å². The molecule has 5 nitrogen and oxygen atoms in total. The lowest BCUT2D eigenvalue weighted by atomic mass is 10.1. The zero-order valence-electron chi connectivity index (χ0n) is 11.7. The van der Waals surface area contributed by atoms with E-state index in [1.807, 2.05) is 32.2 Å². The molecule has 0 aliphatic rings. The Kier molecular flexibility index (Phi) is 4.36. The smallest absolute Gasteiger partial charge is 0.251 e. The normalized spacial score (nSPS) is 12.0. The van der Waals surface area contributed by atoms with E-state index in [1.54, 1.807) is 23.5 Å². The number of nitrogens with two attached hydrogens (primary N) is 1. The first kappa shape index (κ1) is 14.5. The number of benzene rings is 1. The lowest BCUT2D eigenvalue weighted by molar-refractivity contribution is 0.0939. The number of aryl methyl sites for hydroxylation is 2. The third kappa shape index (κ3) is 3.15. The van der Waals surface area contributed by atoms with Crippen LogP contribution in [0.4, 0.5) is 5.69 Å². The summed E-state index contributed by atoms with van der Waals surface area (Å²) in [5.41, 5.74) is 5.91. The van der Waals surface area contributed by atoms with Crippen LogP contribution in [0.3, 0.4) is 0 Å². The summed E-state index contributed by atoms with van der Waals surface area (Å²) in [6.07, 6.45) is 0. The maximum Gasteiger partial charge on any atom is 0.251 e. The van der Waals surface area contributed by atoms with Gasteiger partial charge in [0.05, 0.1) is 11.7 Å². The fourth-order valence-electron chi connectivity index (χ4n) is 1.88. The van der Waals surface area contributed by atoms with Gasteiger partial charge in [0.2, 0.25) is 0 Å². The fraction of sp³-hybridized carbons (Fsp3) is 0.286. The molecule has 2 aromatic rings. The predicted molar refractivity (Wildman–Crippen MR) is 81.7 cm³/mol. The fourth-order valence-corrected chi connectivity index (χ4v) is 2.68. The van der Waals surface area contributed by atoms with Gasteiger partial charge in [-0.2, -0.15) is 0 Å². The zero-order chi connectivity index (χ0) is 14.7. The Morgan fingerprint density at radius 3 is 2.70 bits per heavy atom. The number of aromatic nitrogens is 1. The molecule has 0 saturated carbocycles. The molecule has 1 atom stereocenters. The van der Waals surface area contributed by atoms with Gasteiger partial charge in [-0.15, -0.1) is 11.3 Å². The molecule has 0 fully saturated rings. The first-order valence-electron chi connectivity index (χ1n) is 6.31. The quantitative estimate of drug-likeness (QED) is 0.597. The Morgan fingerprint density at radius 2 is 2.15 bits per heavy atom. The molecule has 0 bridgehead atoms. The van der Waals surface area contributed by atoms with E-state index in [1.165, 1.54) is 0 Å². The highest BCUT2D eigenvalue weighted by atomic mass is 32.1. The van der Waals surface area contributed by atoms with Crippen LogP contribution in [0.25, 0.3) is 0 Å². The molecule has 0 aliphatic carbocycles. The van der Waals surface area contributed by atoms with E-state index in [0.29, 0.717) is 5.56 Å². The Morgan fingerprint density at radius 1 is 1.40 bits per heavy atom. The average Bonchev–Trinajstić information content (AvgIpc) is 2.85. The van der Waals surface area contributed by atoms with Gasteiger partial charge in [0.25, 0.3) is 5.91 Å². The second-order valence-electron chi connectivity index (χ2n) is 4.70. The molecular weight excluding hydrogens is 272 g/mol. The topological polar surface area (TPSA) is 80.0 Å². The minimum Gasteiger partial charge on any atom is -0.343 e. The minimum absolute atomic E-state index is 0.103. The average molecular weight is 290 g/mol. The Hall–Kier alpha value is -1.92. The predicted octanol–water partition coefficient (Wildman–Crippen LogP) is 2.54. The van der Waals surface area contributed by atoms with Crippen LogP contribution in [0.5, 0.6) is 0 Å². The molecule has 4 N–H and O–H groups in total. The minimum atomic E-state index is -0.114. The summed E-state index contributed by atoms with van der Waals surface area (Å²) in [5.74, 6) is 5.26. The van der Waals surface area contributed by atoms with Gasteiger partial charge in [-0.25, -0.2) is 4.98 Å². The summed E-state index contributed by atoms with van der Waals surface area (Å²) in [6, 6.07) is 5.25. The molecule has 2 rings (SSSR count). The van der Waals surface area contributed by atoms with Gasteiger partial charge in [-0.3, -0.25) is 10.6 Å². The largest absolute Gasteiger partial charge is 0.343 e. The molecule has 1 unspecified atom stereocenters. The van der Waals surface area contributed by atoms with Gasteiger partial charge in [0.15, 0.2) is 0 Å². The van der Waals surface area contributed by atoms with Crippen molar-refractivity contribution >= 4 is 22.9 Å². The summed E-state index contributed by atoms with van der Waals surface area (Å²) < 4.78 is 0. The molecule has 6 heteroatoms. The lowest BCUT2D eigenvalue weighted by Gasteiger charge is -2.12. The van der Waals surface area contributed by atoms with Crippen molar-refractivity contribution in [2.75, 3.05) is 5.43 Å². The number of carbonyl (C=O) groups is 1. The lowest BCUT2D eigenvalue weighted by Crippen LogP contribution is -2.26. The second-order valence-corrected chi connectivity index (χ2v) is 5.59. The van der Waals surface area contributed by atoms with Crippen LogP contribution in [0.2, 0.25) is 0 Å². The third-order valence-electron chi connectivity index (χ3n) is 3.00. The number of amides is 1. The molecular formula is C14H18N4OS. The highest BCUT2D eigenvalue weighted by Gasteiger charge is 2.14. The summed E-state index contributed by atoms with van der Waals surface area (Å²) >= 11 is 1.55. The van der Waals surface area contributed by atoms with Crippen LogP contribution < -0.4 is 16.6 Å². The third-order valence-corrected chi connectivity index (χ3v) is 4.14. The van der Waals surface area contributed by atoms with E-state index in [-0.39, 0.29) is 11.9 Å². The molecule has 1 heterocycles. The van der Waals surface area contributed by atoms with Crippen molar-refractivity contribution < 1.29 is 4.79 Å². The molecule has 1 aromatic heterocycles. The number of nitrogens with zero attached hydrogens (tertiary/aromatic N) is 1. The number of carbonyl (C=O) groups excluding carboxylic acids is 1. The maximum absolute atomic E-state index is 12.2. The van der Waals surface area contributed by atoms with E-state index in [9.17, 15) is 4.79 Å². The first-order valence-corrected chi connectivity index (χ1v) is 7.19. The van der Waals surface area contributed by atoms with Gasteiger partial charge in [0, 0.05) is 16.6 Å². The zero-order valence-corrected chi connectivity index (χ0v) is 12.5. The Balaban J connectivity index is 2.10. The van der Waals surface area contributed by atoms with Crippen LogP contribution in [-0.4, -0.2) is 10.9 Å². The number of hydrogen-bond donors (Lipinski definition) is 3. The Labute approximate surface area is 122 Å². The van der Waals surface area contributed by atoms with Gasteiger partial charge in [-0.1, -0.05) is 0 Å². The van der Waals surface area contributed by atoms with E-state index in [2.05, 4.69) is 15.7 Å². The first-order chi connectivity index (χ1) is 9.51. The number of hydrazine groups is 1.